The maximum atomic E-state index is 13.8. The van der Waals surface area contributed by atoms with Crippen LogP contribution in [0.3, 0.4) is 0 Å². The molecule has 2 atom stereocenters. The molecule has 3 amide bonds. The zero-order chi connectivity index (χ0) is 30.5. The highest BCUT2D eigenvalue weighted by Crippen LogP contribution is 2.30. The number of piperidine rings is 1. The van der Waals surface area contributed by atoms with Crippen LogP contribution in [0.25, 0.3) is 10.8 Å². The third kappa shape index (κ3) is 9.53. The van der Waals surface area contributed by atoms with Crippen molar-refractivity contribution >= 4 is 51.1 Å². The molecule has 43 heavy (non-hydrogen) atoms. The lowest BCUT2D eigenvalue weighted by Crippen LogP contribution is -2.57. The molecule has 4 N–H and O–H groups in total. The van der Waals surface area contributed by atoms with Crippen molar-refractivity contribution in [1.82, 2.24) is 19.8 Å². The van der Waals surface area contributed by atoms with E-state index in [-0.39, 0.29) is 54.7 Å². The molecule has 0 spiro atoms. The van der Waals surface area contributed by atoms with E-state index >= 15 is 0 Å². The van der Waals surface area contributed by atoms with Crippen molar-refractivity contribution in [3.8, 4) is 0 Å². The Hall–Kier alpha value is -2.93. The molecule has 2 aromatic rings. The Balaban J connectivity index is 0.00000506. The largest absolute Gasteiger partial charge is 0.444 e. The van der Waals surface area contributed by atoms with Gasteiger partial charge in [0.1, 0.15) is 11.6 Å². The molecule has 2 fully saturated rings. The van der Waals surface area contributed by atoms with Crippen LogP contribution in [0.4, 0.5) is 4.79 Å². The Bertz CT molecular complexity index is 1390. The first-order chi connectivity index (χ1) is 19.9. The zero-order valence-electron chi connectivity index (χ0n) is 25.1. The number of nitrogens with one attached hydrogen (secondary N) is 2. The number of likely N-dealkylation sites (tertiary alicyclic amines) is 1. The predicted octanol–water partition coefficient (Wildman–Crippen LogP) is 3.01. The van der Waals surface area contributed by atoms with Crippen molar-refractivity contribution in [3.63, 3.8) is 0 Å². The van der Waals surface area contributed by atoms with Crippen LogP contribution >= 0.6 is 12.4 Å². The highest BCUT2D eigenvalue weighted by atomic mass is 35.5. The molecular weight excluding hydrogens is 594 g/mol. The number of rotatable bonds is 11. The van der Waals surface area contributed by atoms with Crippen molar-refractivity contribution in [2.24, 2.45) is 11.7 Å². The van der Waals surface area contributed by atoms with Gasteiger partial charge in [-0.3, -0.25) is 9.59 Å². The summed E-state index contributed by atoms with van der Waals surface area (Å²) >= 11 is 0. The van der Waals surface area contributed by atoms with Gasteiger partial charge in [-0.1, -0.05) is 30.3 Å². The van der Waals surface area contributed by atoms with E-state index in [0.717, 1.165) is 23.6 Å². The Labute approximate surface area is 260 Å². The van der Waals surface area contributed by atoms with Crippen LogP contribution in [-0.2, 0) is 24.3 Å². The van der Waals surface area contributed by atoms with E-state index in [1.54, 1.807) is 42.7 Å². The van der Waals surface area contributed by atoms with Crippen molar-refractivity contribution in [3.05, 3.63) is 42.5 Å². The van der Waals surface area contributed by atoms with E-state index in [4.69, 9.17) is 10.5 Å². The lowest BCUT2D eigenvalue weighted by atomic mass is 9.89. The Morgan fingerprint density at radius 1 is 1.09 bits per heavy atom. The van der Waals surface area contributed by atoms with Crippen LogP contribution in [0.15, 0.2) is 47.4 Å². The third-order valence-electron chi connectivity index (χ3n) is 7.48. The quantitative estimate of drug-likeness (QED) is 0.343. The fourth-order valence-electron chi connectivity index (χ4n) is 5.29. The second-order valence-electron chi connectivity index (χ2n) is 12.1. The number of carbonyl (C=O) groups is 3. The van der Waals surface area contributed by atoms with Gasteiger partial charge in [-0.25, -0.2) is 17.9 Å². The van der Waals surface area contributed by atoms with E-state index in [1.807, 2.05) is 24.3 Å². The summed E-state index contributed by atoms with van der Waals surface area (Å²) in [6.45, 7) is 6.71. The van der Waals surface area contributed by atoms with Crippen molar-refractivity contribution in [1.29, 1.82) is 0 Å². The topological polar surface area (TPSA) is 151 Å². The normalized spacial score (nSPS) is 18.0. The molecule has 0 radical (unpaired) electrons. The molecule has 0 bridgehead atoms. The maximum Gasteiger partial charge on any atom is 0.410 e. The number of fused-ring (bicyclic) bond motifs is 1. The molecule has 13 heteroatoms. The van der Waals surface area contributed by atoms with E-state index < -0.39 is 33.7 Å². The van der Waals surface area contributed by atoms with Gasteiger partial charge >= 0.3 is 6.09 Å². The van der Waals surface area contributed by atoms with Gasteiger partial charge in [-0.05, 0) is 69.4 Å². The van der Waals surface area contributed by atoms with Gasteiger partial charge in [0.15, 0.2) is 0 Å². The number of ether oxygens (including phenoxy) is 1. The predicted molar refractivity (Wildman–Crippen MR) is 167 cm³/mol. The molecule has 0 aromatic heterocycles. The van der Waals surface area contributed by atoms with Gasteiger partial charge in [0, 0.05) is 51.1 Å². The van der Waals surface area contributed by atoms with Crippen LogP contribution in [-0.4, -0.2) is 86.5 Å². The average Bonchev–Trinajstić information content (AvgIpc) is 3.78. The number of carbonyl (C=O) groups excluding carboxylic acids is 3. The van der Waals surface area contributed by atoms with Crippen molar-refractivity contribution < 1.29 is 27.5 Å². The maximum absolute atomic E-state index is 13.8. The molecule has 1 heterocycles. The highest BCUT2D eigenvalue weighted by molar-refractivity contribution is 7.89. The number of amides is 3. The summed E-state index contributed by atoms with van der Waals surface area (Å²) < 4.78 is 33.9. The number of hydrogen-bond donors (Lipinski definition) is 3. The van der Waals surface area contributed by atoms with Gasteiger partial charge < -0.3 is 25.6 Å². The Morgan fingerprint density at radius 3 is 2.44 bits per heavy atom. The van der Waals surface area contributed by atoms with E-state index in [2.05, 4.69) is 10.0 Å². The summed E-state index contributed by atoms with van der Waals surface area (Å²) in [6.07, 6.45) is 2.48. The Morgan fingerprint density at radius 2 is 1.79 bits per heavy atom. The second kappa shape index (κ2) is 14.7. The number of halogens is 1. The van der Waals surface area contributed by atoms with Crippen molar-refractivity contribution in [2.75, 3.05) is 32.7 Å². The molecule has 2 aromatic carbocycles. The first-order valence-corrected chi connectivity index (χ1v) is 16.1. The van der Waals surface area contributed by atoms with Gasteiger partial charge in [-0.15, -0.1) is 12.4 Å². The second-order valence-corrected chi connectivity index (χ2v) is 13.8. The Kier molecular flexibility index (Phi) is 11.8. The molecule has 11 nitrogen and oxygen atoms in total. The van der Waals surface area contributed by atoms with E-state index in [1.165, 1.54) is 6.07 Å². The van der Waals surface area contributed by atoms with Gasteiger partial charge in [0.25, 0.3) is 0 Å². The fourth-order valence-corrected chi connectivity index (χ4v) is 6.36. The van der Waals surface area contributed by atoms with Gasteiger partial charge in [0.05, 0.1) is 4.90 Å². The van der Waals surface area contributed by atoms with E-state index in [9.17, 15) is 22.8 Å². The lowest BCUT2D eigenvalue weighted by Gasteiger charge is -2.39. The minimum Gasteiger partial charge on any atom is -0.444 e. The average molecular weight is 638 g/mol. The number of sulfonamides is 1. The summed E-state index contributed by atoms with van der Waals surface area (Å²) in [5.74, 6) is -0.993. The van der Waals surface area contributed by atoms with Crippen LogP contribution in [0.1, 0.15) is 52.9 Å². The number of benzene rings is 2. The van der Waals surface area contributed by atoms with Crippen LogP contribution in [0, 0.1) is 5.92 Å². The first-order valence-electron chi connectivity index (χ1n) is 14.6. The number of hydrogen-bond acceptors (Lipinski definition) is 7. The molecule has 238 valence electrons. The summed E-state index contributed by atoms with van der Waals surface area (Å²) in [7, 11) is -3.85. The fraction of sp³-hybridized carbons (Fsp3) is 0.567. The first kappa shape index (κ1) is 34.6. The van der Waals surface area contributed by atoms with Crippen molar-refractivity contribution in [2.45, 2.75) is 75.5 Å². The van der Waals surface area contributed by atoms with Gasteiger partial charge in [-0.2, -0.15) is 0 Å². The molecular formula is C30H44ClN5O6S. The van der Waals surface area contributed by atoms with E-state index in [0.29, 0.717) is 32.5 Å². The van der Waals surface area contributed by atoms with Crippen LogP contribution < -0.4 is 15.8 Å². The molecule has 1 saturated heterocycles. The zero-order valence-corrected chi connectivity index (χ0v) is 26.7. The monoisotopic (exact) mass is 637 g/mol. The summed E-state index contributed by atoms with van der Waals surface area (Å²) in [5.41, 5.74) is 5.15. The smallest absolute Gasteiger partial charge is 0.410 e. The lowest BCUT2D eigenvalue weighted by molar-refractivity contribution is -0.139. The SMILES string of the molecule is CC(C)(C)OC(=O)N1CCC[C@H]([C@H](NC(=O)CCNS(=O)(=O)c2ccc3ccccc3c2)C(=O)N(CCN)C2CC2)C1.Cl. The molecule has 4 rings (SSSR count). The molecule has 1 aliphatic carbocycles. The van der Waals surface area contributed by atoms with Gasteiger partial charge in [0.2, 0.25) is 21.8 Å². The highest BCUT2D eigenvalue weighted by Gasteiger charge is 2.41. The molecule has 2 aliphatic rings. The van der Waals surface area contributed by atoms with Crippen LogP contribution in [0.2, 0.25) is 0 Å². The summed E-state index contributed by atoms with van der Waals surface area (Å²) in [4.78, 5) is 43.1. The summed E-state index contributed by atoms with van der Waals surface area (Å²) in [5, 5.41) is 4.60. The van der Waals surface area contributed by atoms with Crippen LogP contribution in [0.5, 0.6) is 0 Å². The number of nitrogens with zero attached hydrogens (tertiary/aromatic N) is 2. The standard InChI is InChI=1S/C30H43N5O6S.ClH/c1-30(2,3)41-29(38)34-17-6-9-23(20-34)27(28(37)35(18-15-31)24-11-12-24)33-26(36)14-16-32-42(39,40)25-13-10-21-7-4-5-8-22(21)19-25;/h4-5,7-8,10,13,19,23-24,27,32H,6,9,11-12,14-18,20,31H2,1-3H3,(H,33,36);1H/t23-,27-;/m0./s1. The summed E-state index contributed by atoms with van der Waals surface area (Å²) in [6, 6.07) is 11.6. The molecule has 0 unspecified atom stereocenters. The molecule has 1 aliphatic heterocycles. The third-order valence-corrected chi connectivity index (χ3v) is 8.94. The molecule has 1 saturated carbocycles. The minimum atomic E-state index is -3.85. The number of nitrogens with two attached hydrogens (primary N) is 1. The minimum absolute atomic E-state index is 0.